The number of hydrogen-bond acceptors (Lipinski definition) is 4. The summed E-state index contributed by atoms with van der Waals surface area (Å²) in [6.45, 7) is 6.60. The van der Waals surface area contributed by atoms with E-state index in [1.54, 1.807) is 20.8 Å². The van der Waals surface area contributed by atoms with Crippen molar-refractivity contribution in [1.82, 2.24) is 5.32 Å². The molecule has 98 valence electrons. The van der Waals surface area contributed by atoms with Crippen LogP contribution in [0.2, 0.25) is 0 Å². The van der Waals surface area contributed by atoms with Crippen molar-refractivity contribution in [2.75, 3.05) is 13.2 Å². The Morgan fingerprint density at radius 3 is 2.71 bits per heavy atom. The Hall–Kier alpha value is -1.10. The summed E-state index contributed by atoms with van der Waals surface area (Å²) in [5, 5.41) is 2.58. The molecule has 2 atom stereocenters. The van der Waals surface area contributed by atoms with Gasteiger partial charge >= 0.3 is 6.09 Å². The Labute approximate surface area is 102 Å². The van der Waals surface area contributed by atoms with Crippen molar-refractivity contribution in [2.24, 2.45) is 5.92 Å². The van der Waals surface area contributed by atoms with E-state index in [0.717, 1.165) is 25.7 Å². The van der Waals surface area contributed by atoms with Crippen molar-refractivity contribution in [1.29, 1.82) is 0 Å². The maximum atomic E-state index is 11.5. The van der Waals surface area contributed by atoms with Gasteiger partial charge in [-0.3, -0.25) is 0 Å². The van der Waals surface area contributed by atoms with E-state index in [-0.39, 0.29) is 5.92 Å². The second-order valence-corrected chi connectivity index (χ2v) is 5.29. The van der Waals surface area contributed by atoms with Gasteiger partial charge in [0.1, 0.15) is 11.9 Å². The standard InChI is InChI=1S/C12H21NO4/c1-12(2,3)17-11(15)13-10(7-14)9-5-4-6-16-8-9/h7,9-10H,4-6,8H2,1-3H3,(H,13,15)/t9-,10+/m1/s1. The molecule has 1 fully saturated rings. The average molecular weight is 243 g/mol. The van der Waals surface area contributed by atoms with Crippen LogP contribution in [0.4, 0.5) is 4.79 Å². The van der Waals surface area contributed by atoms with Crippen molar-refractivity contribution in [2.45, 2.75) is 45.3 Å². The fourth-order valence-electron chi connectivity index (χ4n) is 1.76. The van der Waals surface area contributed by atoms with Gasteiger partial charge in [0.25, 0.3) is 0 Å². The molecular formula is C12H21NO4. The van der Waals surface area contributed by atoms with Crippen LogP contribution in [0.3, 0.4) is 0 Å². The summed E-state index contributed by atoms with van der Waals surface area (Å²) < 4.78 is 10.4. The largest absolute Gasteiger partial charge is 0.444 e. The van der Waals surface area contributed by atoms with Gasteiger partial charge in [-0.1, -0.05) is 0 Å². The molecule has 0 radical (unpaired) electrons. The third-order valence-corrected chi connectivity index (χ3v) is 2.53. The van der Waals surface area contributed by atoms with Gasteiger partial charge in [-0.2, -0.15) is 0 Å². The molecule has 0 aromatic carbocycles. The lowest BCUT2D eigenvalue weighted by molar-refractivity contribution is -0.112. The number of ether oxygens (including phenoxy) is 2. The topological polar surface area (TPSA) is 64.6 Å². The van der Waals surface area contributed by atoms with E-state index in [4.69, 9.17) is 9.47 Å². The van der Waals surface area contributed by atoms with E-state index in [9.17, 15) is 9.59 Å². The van der Waals surface area contributed by atoms with E-state index < -0.39 is 17.7 Å². The molecule has 0 bridgehead atoms. The summed E-state index contributed by atoms with van der Waals surface area (Å²) in [6.07, 6.45) is 2.01. The molecule has 1 saturated heterocycles. The zero-order valence-electron chi connectivity index (χ0n) is 10.7. The molecule has 0 spiro atoms. The van der Waals surface area contributed by atoms with Crippen LogP contribution < -0.4 is 5.32 Å². The first-order valence-corrected chi connectivity index (χ1v) is 5.95. The van der Waals surface area contributed by atoms with E-state index in [1.807, 2.05) is 0 Å². The Bertz CT molecular complexity index is 266. The molecule has 5 nitrogen and oxygen atoms in total. The van der Waals surface area contributed by atoms with Crippen molar-refractivity contribution >= 4 is 12.4 Å². The van der Waals surface area contributed by atoms with Gasteiger partial charge in [-0.25, -0.2) is 4.79 Å². The van der Waals surface area contributed by atoms with Gasteiger partial charge < -0.3 is 19.6 Å². The Kier molecular flexibility index (Phi) is 4.93. The predicted molar refractivity (Wildman–Crippen MR) is 62.8 cm³/mol. The minimum absolute atomic E-state index is 0.0498. The molecule has 0 unspecified atom stereocenters. The number of carbonyl (C=O) groups excluding carboxylic acids is 2. The summed E-state index contributed by atoms with van der Waals surface area (Å²) in [7, 11) is 0. The van der Waals surface area contributed by atoms with E-state index in [0.29, 0.717) is 6.61 Å². The van der Waals surface area contributed by atoms with Crippen LogP contribution in [0.15, 0.2) is 0 Å². The van der Waals surface area contributed by atoms with E-state index in [2.05, 4.69) is 5.32 Å². The molecule has 1 aliphatic rings. The summed E-state index contributed by atoms with van der Waals surface area (Å²) in [4.78, 5) is 22.5. The first-order valence-electron chi connectivity index (χ1n) is 5.95. The lowest BCUT2D eigenvalue weighted by atomic mass is 9.95. The molecule has 1 heterocycles. The number of rotatable bonds is 3. The molecule has 1 rings (SSSR count). The summed E-state index contributed by atoms with van der Waals surface area (Å²) in [6, 6.07) is -0.523. The van der Waals surface area contributed by atoms with Crippen molar-refractivity contribution < 1.29 is 19.1 Å². The highest BCUT2D eigenvalue weighted by molar-refractivity contribution is 5.73. The van der Waals surface area contributed by atoms with Crippen molar-refractivity contribution in [3.8, 4) is 0 Å². The highest BCUT2D eigenvalue weighted by Gasteiger charge is 2.27. The second kappa shape index (κ2) is 6.00. The summed E-state index contributed by atoms with van der Waals surface area (Å²) in [5.74, 6) is 0.0498. The number of nitrogens with one attached hydrogen (secondary N) is 1. The zero-order chi connectivity index (χ0) is 12.9. The van der Waals surface area contributed by atoms with Crippen LogP contribution in [0, 0.1) is 5.92 Å². The van der Waals surface area contributed by atoms with Gasteiger partial charge in [0.15, 0.2) is 0 Å². The van der Waals surface area contributed by atoms with Gasteiger partial charge in [0.05, 0.1) is 12.6 Å². The van der Waals surface area contributed by atoms with Crippen LogP contribution in [0.1, 0.15) is 33.6 Å². The maximum absolute atomic E-state index is 11.5. The Morgan fingerprint density at radius 2 is 2.24 bits per heavy atom. The van der Waals surface area contributed by atoms with Gasteiger partial charge in [-0.05, 0) is 33.6 Å². The second-order valence-electron chi connectivity index (χ2n) is 5.29. The minimum atomic E-state index is -0.555. The lowest BCUT2D eigenvalue weighted by Gasteiger charge is -2.28. The van der Waals surface area contributed by atoms with Crippen LogP contribution in [0.5, 0.6) is 0 Å². The minimum Gasteiger partial charge on any atom is -0.444 e. The normalized spacial score (nSPS) is 22.6. The van der Waals surface area contributed by atoms with Crippen molar-refractivity contribution in [3.63, 3.8) is 0 Å². The van der Waals surface area contributed by atoms with Crippen LogP contribution in [0.25, 0.3) is 0 Å². The molecule has 1 N–H and O–H groups in total. The van der Waals surface area contributed by atoms with Crippen LogP contribution in [-0.4, -0.2) is 37.2 Å². The molecular weight excluding hydrogens is 222 g/mol. The molecule has 0 aromatic heterocycles. The smallest absolute Gasteiger partial charge is 0.408 e. The number of alkyl carbamates (subject to hydrolysis) is 1. The number of amides is 1. The quantitative estimate of drug-likeness (QED) is 0.763. The maximum Gasteiger partial charge on any atom is 0.408 e. The zero-order valence-corrected chi connectivity index (χ0v) is 10.7. The molecule has 0 saturated carbocycles. The molecule has 1 aliphatic heterocycles. The lowest BCUT2D eigenvalue weighted by Crippen LogP contribution is -2.46. The summed E-state index contributed by atoms with van der Waals surface area (Å²) >= 11 is 0. The molecule has 1 amide bonds. The molecule has 5 heteroatoms. The van der Waals surface area contributed by atoms with Crippen LogP contribution >= 0.6 is 0 Å². The SMILES string of the molecule is CC(C)(C)OC(=O)N[C@@H](C=O)[C@@H]1CCCOC1. The first-order chi connectivity index (χ1) is 7.92. The third kappa shape index (κ3) is 5.17. The number of carbonyl (C=O) groups is 2. The monoisotopic (exact) mass is 243 g/mol. The van der Waals surface area contributed by atoms with E-state index in [1.165, 1.54) is 0 Å². The fourth-order valence-corrected chi connectivity index (χ4v) is 1.76. The molecule has 17 heavy (non-hydrogen) atoms. The molecule has 0 aromatic rings. The molecule has 0 aliphatic carbocycles. The van der Waals surface area contributed by atoms with Gasteiger partial charge in [0, 0.05) is 12.5 Å². The van der Waals surface area contributed by atoms with Crippen molar-refractivity contribution in [3.05, 3.63) is 0 Å². The van der Waals surface area contributed by atoms with Gasteiger partial charge in [0.2, 0.25) is 0 Å². The third-order valence-electron chi connectivity index (χ3n) is 2.53. The van der Waals surface area contributed by atoms with Crippen LogP contribution in [-0.2, 0) is 14.3 Å². The van der Waals surface area contributed by atoms with Gasteiger partial charge in [-0.15, -0.1) is 0 Å². The predicted octanol–water partition coefficient (Wildman–Crippen LogP) is 1.51. The Balaban J connectivity index is 2.45. The average Bonchev–Trinajstić information content (AvgIpc) is 2.24. The Morgan fingerprint density at radius 1 is 1.53 bits per heavy atom. The highest BCUT2D eigenvalue weighted by Crippen LogP contribution is 2.17. The van der Waals surface area contributed by atoms with E-state index >= 15 is 0 Å². The summed E-state index contributed by atoms with van der Waals surface area (Å²) in [5.41, 5.74) is -0.555. The highest BCUT2D eigenvalue weighted by atomic mass is 16.6. The number of aldehydes is 1. The fraction of sp³-hybridized carbons (Fsp3) is 0.833. The first kappa shape index (κ1) is 14.0. The number of hydrogen-bond donors (Lipinski definition) is 1.